The number of carbonyl (C=O) groups excluding carboxylic acids is 1. The van der Waals surface area contributed by atoms with Gasteiger partial charge in [-0.2, -0.15) is 5.26 Å². The Morgan fingerprint density at radius 3 is 2.56 bits per heavy atom. The van der Waals surface area contributed by atoms with Crippen LogP contribution in [0.25, 0.3) is 0 Å². The van der Waals surface area contributed by atoms with Gasteiger partial charge in [-0.05, 0) is 56.0 Å². The quantitative estimate of drug-likeness (QED) is 0.472. The molecule has 0 amide bonds. The van der Waals surface area contributed by atoms with Crippen LogP contribution in [0.2, 0.25) is 0 Å². The Labute approximate surface area is 187 Å². The largest absolute Gasteiger partial charge is 0.461 e. The standard InChI is InChI=1S/C24H28FN5O2/c1-4-32-24(31)19-13-20(30-11-9-16(14-26)10-12-30)21(22(27)15(2)3)23(29-19)28-18-7-5-17(25)6-8-18/h5-8,13,15-16,27H,4,9-12H2,1-3H3,(H,28,29). The smallest absolute Gasteiger partial charge is 0.357 e. The van der Waals surface area contributed by atoms with Crippen molar-refractivity contribution in [3.8, 4) is 6.07 Å². The molecule has 1 aliphatic heterocycles. The number of nitrogens with one attached hydrogen (secondary N) is 2. The molecule has 0 bridgehead atoms. The summed E-state index contributed by atoms with van der Waals surface area (Å²) >= 11 is 0. The molecule has 1 aromatic heterocycles. The number of pyridine rings is 1. The van der Waals surface area contributed by atoms with Gasteiger partial charge in [-0.1, -0.05) is 13.8 Å². The molecule has 0 saturated carbocycles. The Morgan fingerprint density at radius 2 is 2.00 bits per heavy atom. The number of rotatable bonds is 7. The molecular weight excluding hydrogens is 409 g/mol. The van der Waals surface area contributed by atoms with E-state index in [4.69, 9.17) is 10.1 Å². The molecule has 1 aromatic carbocycles. The van der Waals surface area contributed by atoms with E-state index >= 15 is 0 Å². The molecule has 7 nitrogen and oxygen atoms in total. The maximum atomic E-state index is 13.4. The van der Waals surface area contributed by atoms with Gasteiger partial charge in [0.05, 0.1) is 23.9 Å². The number of carbonyl (C=O) groups is 1. The summed E-state index contributed by atoms with van der Waals surface area (Å²) in [4.78, 5) is 19.2. The molecule has 1 saturated heterocycles. The average Bonchev–Trinajstić information content (AvgIpc) is 2.79. The van der Waals surface area contributed by atoms with Crippen molar-refractivity contribution in [1.82, 2.24) is 4.98 Å². The van der Waals surface area contributed by atoms with Gasteiger partial charge < -0.3 is 20.4 Å². The zero-order valence-corrected chi connectivity index (χ0v) is 18.6. The van der Waals surface area contributed by atoms with Gasteiger partial charge in [0, 0.05) is 30.4 Å². The number of anilines is 3. The van der Waals surface area contributed by atoms with Crippen molar-refractivity contribution in [3.05, 3.63) is 47.4 Å². The number of hydrogen-bond donors (Lipinski definition) is 2. The summed E-state index contributed by atoms with van der Waals surface area (Å²) in [6, 6.07) is 9.82. The van der Waals surface area contributed by atoms with E-state index in [2.05, 4.69) is 21.3 Å². The van der Waals surface area contributed by atoms with Crippen molar-refractivity contribution in [2.75, 3.05) is 29.9 Å². The first-order chi connectivity index (χ1) is 15.3. The van der Waals surface area contributed by atoms with Crippen LogP contribution in [0.15, 0.2) is 30.3 Å². The number of hydrogen-bond acceptors (Lipinski definition) is 7. The van der Waals surface area contributed by atoms with Crippen LogP contribution in [-0.2, 0) is 4.74 Å². The second-order valence-corrected chi connectivity index (χ2v) is 8.06. The van der Waals surface area contributed by atoms with Crippen LogP contribution >= 0.6 is 0 Å². The summed E-state index contributed by atoms with van der Waals surface area (Å²) in [5.41, 5.74) is 2.39. The summed E-state index contributed by atoms with van der Waals surface area (Å²) in [6.45, 7) is 7.07. The first-order valence-electron chi connectivity index (χ1n) is 10.8. The Kier molecular flexibility index (Phi) is 7.41. The van der Waals surface area contributed by atoms with Gasteiger partial charge in [-0.3, -0.25) is 0 Å². The molecule has 0 aliphatic carbocycles. The fraction of sp³-hybridized carbons (Fsp3) is 0.417. The zero-order valence-electron chi connectivity index (χ0n) is 18.6. The molecule has 0 spiro atoms. The van der Waals surface area contributed by atoms with E-state index in [-0.39, 0.29) is 30.0 Å². The van der Waals surface area contributed by atoms with Gasteiger partial charge in [0.2, 0.25) is 0 Å². The highest BCUT2D eigenvalue weighted by molar-refractivity contribution is 6.09. The van der Waals surface area contributed by atoms with E-state index in [0.29, 0.717) is 54.4 Å². The zero-order chi connectivity index (χ0) is 23.3. The molecule has 2 aromatic rings. The summed E-state index contributed by atoms with van der Waals surface area (Å²) < 4.78 is 18.6. The predicted octanol–water partition coefficient (Wildman–Crippen LogP) is 4.90. The Balaban J connectivity index is 2.14. The normalized spacial score (nSPS) is 14.2. The molecule has 32 heavy (non-hydrogen) atoms. The lowest BCUT2D eigenvalue weighted by molar-refractivity contribution is 0.0519. The van der Waals surface area contributed by atoms with E-state index in [0.717, 1.165) is 0 Å². The number of piperidine rings is 1. The lowest BCUT2D eigenvalue weighted by Gasteiger charge is -2.33. The molecule has 0 atom stereocenters. The average molecular weight is 438 g/mol. The molecule has 0 radical (unpaired) electrons. The van der Waals surface area contributed by atoms with Gasteiger partial charge in [0.15, 0.2) is 5.69 Å². The topological polar surface area (TPSA) is 102 Å². The van der Waals surface area contributed by atoms with Crippen LogP contribution in [0.1, 0.15) is 49.7 Å². The predicted molar refractivity (Wildman–Crippen MR) is 122 cm³/mol. The van der Waals surface area contributed by atoms with Gasteiger partial charge >= 0.3 is 5.97 Å². The lowest BCUT2D eigenvalue weighted by atomic mass is 9.94. The van der Waals surface area contributed by atoms with Crippen LogP contribution in [0.3, 0.4) is 0 Å². The minimum Gasteiger partial charge on any atom is -0.461 e. The van der Waals surface area contributed by atoms with Crippen molar-refractivity contribution >= 4 is 28.9 Å². The second-order valence-electron chi connectivity index (χ2n) is 8.06. The summed E-state index contributed by atoms with van der Waals surface area (Å²) in [5.74, 6) is -0.652. The SMILES string of the molecule is CCOC(=O)c1cc(N2CCC(C#N)CC2)c(C(=N)C(C)C)c(Nc2ccc(F)cc2)n1. The van der Waals surface area contributed by atoms with Crippen LogP contribution in [-0.4, -0.2) is 36.4 Å². The molecule has 2 N–H and O–H groups in total. The van der Waals surface area contributed by atoms with E-state index in [1.165, 1.54) is 12.1 Å². The van der Waals surface area contributed by atoms with E-state index < -0.39 is 5.97 Å². The van der Waals surface area contributed by atoms with Crippen molar-refractivity contribution in [3.63, 3.8) is 0 Å². The lowest BCUT2D eigenvalue weighted by Crippen LogP contribution is -2.35. The highest BCUT2D eigenvalue weighted by Crippen LogP contribution is 2.34. The summed E-state index contributed by atoms with van der Waals surface area (Å²) in [7, 11) is 0. The van der Waals surface area contributed by atoms with E-state index in [1.54, 1.807) is 25.1 Å². The minimum absolute atomic E-state index is 0.00225. The molecule has 168 valence electrons. The van der Waals surface area contributed by atoms with E-state index in [9.17, 15) is 14.4 Å². The van der Waals surface area contributed by atoms with Gasteiger partial charge in [0.1, 0.15) is 11.6 Å². The summed E-state index contributed by atoms with van der Waals surface area (Å²) in [5, 5.41) is 21.2. The maximum absolute atomic E-state index is 13.4. The second kappa shape index (κ2) is 10.2. The van der Waals surface area contributed by atoms with Crippen LogP contribution in [0, 0.1) is 34.4 Å². The molecule has 2 heterocycles. The first-order valence-corrected chi connectivity index (χ1v) is 10.8. The molecule has 1 fully saturated rings. The fourth-order valence-electron chi connectivity index (χ4n) is 3.65. The number of nitrogens with zero attached hydrogens (tertiary/aromatic N) is 3. The number of ether oxygens (including phenoxy) is 1. The summed E-state index contributed by atoms with van der Waals surface area (Å²) in [6.07, 6.45) is 1.42. The van der Waals surface area contributed by atoms with Crippen LogP contribution in [0.5, 0.6) is 0 Å². The van der Waals surface area contributed by atoms with Crippen LogP contribution in [0.4, 0.5) is 21.6 Å². The van der Waals surface area contributed by atoms with Crippen molar-refractivity contribution in [2.24, 2.45) is 11.8 Å². The number of aromatic nitrogens is 1. The Bertz CT molecular complexity index is 1020. The maximum Gasteiger partial charge on any atom is 0.357 e. The van der Waals surface area contributed by atoms with Gasteiger partial charge in [-0.25, -0.2) is 14.2 Å². The fourth-order valence-corrected chi connectivity index (χ4v) is 3.65. The van der Waals surface area contributed by atoms with Gasteiger partial charge in [0.25, 0.3) is 0 Å². The third kappa shape index (κ3) is 5.22. The van der Waals surface area contributed by atoms with Crippen molar-refractivity contribution in [1.29, 1.82) is 10.7 Å². The Morgan fingerprint density at radius 1 is 1.34 bits per heavy atom. The molecular formula is C24H28FN5O2. The molecule has 8 heteroatoms. The monoisotopic (exact) mass is 437 g/mol. The number of nitriles is 1. The highest BCUT2D eigenvalue weighted by atomic mass is 19.1. The third-order valence-electron chi connectivity index (χ3n) is 5.46. The third-order valence-corrected chi connectivity index (χ3v) is 5.46. The first kappa shape index (κ1) is 23.2. The number of esters is 1. The number of halogens is 1. The van der Waals surface area contributed by atoms with Crippen molar-refractivity contribution in [2.45, 2.75) is 33.6 Å². The minimum atomic E-state index is -0.551. The van der Waals surface area contributed by atoms with Gasteiger partial charge in [-0.15, -0.1) is 0 Å². The molecule has 3 rings (SSSR count). The van der Waals surface area contributed by atoms with Crippen LogP contribution < -0.4 is 10.2 Å². The highest BCUT2D eigenvalue weighted by Gasteiger charge is 2.27. The number of benzene rings is 1. The Hall–Kier alpha value is -3.47. The molecule has 1 aliphatic rings. The molecule has 0 unspecified atom stereocenters. The van der Waals surface area contributed by atoms with E-state index in [1.807, 2.05) is 13.8 Å². The van der Waals surface area contributed by atoms with Crippen molar-refractivity contribution < 1.29 is 13.9 Å².